The molecule has 7 nitrogen and oxygen atoms in total. The van der Waals surface area contributed by atoms with E-state index in [0.29, 0.717) is 0 Å². The Kier molecular flexibility index (Phi) is 11.2. The monoisotopic (exact) mass is 432 g/mol. The zero-order chi connectivity index (χ0) is 22.5. The fraction of sp³-hybridized carbons (Fsp3) is 0.625. The molecule has 7 heteroatoms. The van der Waals surface area contributed by atoms with Crippen molar-refractivity contribution in [1.82, 2.24) is 15.1 Å². The second-order valence-electron chi connectivity index (χ2n) is 7.77. The number of allylic oxidation sites excluding steroid dienone is 1. The number of hydrogen-bond donors (Lipinski definition) is 1. The molecular formula is C24H40N4O3. The summed E-state index contributed by atoms with van der Waals surface area (Å²) in [7, 11) is 7.28. The van der Waals surface area contributed by atoms with E-state index in [1.165, 1.54) is 18.4 Å². The highest BCUT2D eigenvalue weighted by atomic mass is 16.5. The molecule has 1 saturated heterocycles. The van der Waals surface area contributed by atoms with Crippen molar-refractivity contribution in [1.29, 1.82) is 0 Å². The molecule has 1 unspecified atom stereocenters. The van der Waals surface area contributed by atoms with E-state index < -0.39 is 0 Å². The molecule has 31 heavy (non-hydrogen) atoms. The van der Waals surface area contributed by atoms with Crippen molar-refractivity contribution in [2.75, 3.05) is 67.7 Å². The van der Waals surface area contributed by atoms with Crippen LogP contribution in [0.1, 0.15) is 37.3 Å². The highest BCUT2D eigenvalue weighted by Crippen LogP contribution is 2.32. The number of morpholine rings is 1. The summed E-state index contributed by atoms with van der Waals surface area (Å²) in [6.45, 7) is 8.84. The van der Waals surface area contributed by atoms with Crippen molar-refractivity contribution in [3.8, 4) is 11.5 Å². The molecule has 2 rings (SSSR count). The molecule has 0 spiro atoms. The van der Waals surface area contributed by atoms with Gasteiger partial charge in [-0.05, 0) is 37.0 Å². The molecule has 1 aromatic carbocycles. The summed E-state index contributed by atoms with van der Waals surface area (Å²) >= 11 is 0. The fourth-order valence-corrected chi connectivity index (χ4v) is 3.90. The van der Waals surface area contributed by atoms with Crippen LogP contribution < -0.4 is 14.8 Å². The number of methoxy groups -OCH3 is 2. The van der Waals surface area contributed by atoms with Crippen LogP contribution >= 0.6 is 0 Å². The van der Waals surface area contributed by atoms with Gasteiger partial charge in [0.15, 0.2) is 17.5 Å². The summed E-state index contributed by atoms with van der Waals surface area (Å²) < 4.78 is 16.5. The maximum Gasteiger partial charge on any atom is 0.193 e. The maximum atomic E-state index is 5.58. The van der Waals surface area contributed by atoms with Crippen LogP contribution in [0.4, 0.5) is 0 Å². The molecule has 0 amide bonds. The first-order chi connectivity index (χ1) is 15.1. The Morgan fingerprint density at radius 1 is 1.23 bits per heavy atom. The van der Waals surface area contributed by atoms with Crippen molar-refractivity contribution in [3.05, 3.63) is 36.4 Å². The average Bonchev–Trinajstić information content (AvgIpc) is 2.81. The maximum absolute atomic E-state index is 5.58. The van der Waals surface area contributed by atoms with E-state index in [2.05, 4.69) is 45.9 Å². The Bertz CT molecular complexity index is 689. The van der Waals surface area contributed by atoms with Crippen LogP contribution in [-0.4, -0.2) is 83.5 Å². The summed E-state index contributed by atoms with van der Waals surface area (Å²) in [4.78, 5) is 9.17. The van der Waals surface area contributed by atoms with E-state index in [9.17, 15) is 0 Å². The molecule has 1 atom stereocenters. The number of rotatable bonds is 12. The minimum absolute atomic E-state index is 0.182. The molecular weight excluding hydrogens is 392 g/mol. The molecule has 0 saturated carbocycles. The van der Waals surface area contributed by atoms with Crippen molar-refractivity contribution < 1.29 is 14.2 Å². The minimum atomic E-state index is 0.182. The SMILES string of the molecule is C=CCCCCCN(C)C(=NC)NCC(c1ccc(OC)c(OC)c1)N1CCOCC1. The number of aliphatic imine (C=N–C) groups is 1. The van der Waals surface area contributed by atoms with E-state index in [-0.39, 0.29) is 6.04 Å². The van der Waals surface area contributed by atoms with Crippen LogP contribution in [-0.2, 0) is 4.74 Å². The van der Waals surface area contributed by atoms with E-state index in [1.54, 1.807) is 14.2 Å². The molecule has 1 aromatic rings. The Labute approximate surface area is 188 Å². The van der Waals surface area contributed by atoms with Gasteiger partial charge in [0.2, 0.25) is 0 Å². The molecule has 0 aromatic heterocycles. The number of hydrogen-bond acceptors (Lipinski definition) is 5. The predicted octanol–water partition coefficient (Wildman–Crippen LogP) is 3.33. The third-order valence-corrected chi connectivity index (χ3v) is 5.71. The summed E-state index contributed by atoms with van der Waals surface area (Å²) in [5, 5.41) is 3.59. The molecule has 0 aliphatic carbocycles. The lowest BCUT2D eigenvalue weighted by atomic mass is 10.0. The number of ether oxygens (including phenoxy) is 3. The largest absolute Gasteiger partial charge is 0.493 e. The van der Waals surface area contributed by atoms with Crippen LogP contribution in [0.2, 0.25) is 0 Å². The number of nitrogens with one attached hydrogen (secondary N) is 1. The highest BCUT2D eigenvalue weighted by Gasteiger charge is 2.24. The lowest BCUT2D eigenvalue weighted by Gasteiger charge is -2.36. The molecule has 1 heterocycles. The van der Waals surface area contributed by atoms with Crippen LogP contribution in [0, 0.1) is 0 Å². The summed E-state index contributed by atoms with van der Waals surface area (Å²) in [6.07, 6.45) is 6.62. The lowest BCUT2D eigenvalue weighted by molar-refractivity contribution is 0.0168. The zero-order valence-electron chi connectivity index (χ0n) is 19.7. The first-order valence-corrected chi connectivity index (χ1v) is 11.2. The van der Waals surface area contributed by atoms with Crippen molar-refractivity contribution >= 4 is 5.96 Å². The smallest absolute Gasteiger partial charge is 0.193 e. The number of benzene rings is 1. The summed E-state index contributed by atoms with van der Waals surface area (Å²) in [5.41, 5.74) is 1.19. The van der Waals surface area contributed by atoms with Crippen LogP contribution in [0.15, 0.2) is 35.8 Å². The minimum Gasteiger partial charge on any atom is -0.493 e. The number of guanidine groups is 1. The Balaban J connectivity index is 2.06. The van der Waals surface area contributed by atoms with Gasteiger partial charge in [-0.15, -0.1) is 6.58 Å². The van der Waals surface area contributed by atoms with Crippen LogP contribution in [0.25, 0.3) is 0 Å². The molecule has 0 bridgehead atoms. The topological polar surface area (TPSA) is 58.6 Å². The zero-order valence-corrected chi connectivity index (χ0v) is 19.7. The second-order valence-corrected chi connectivity index (χ2v) is 7.77. The van der Waals surface area contributed by atoms with Crippen molar-refractivity contribution in [3.63, 3.8) is 0 Å². The van der Waals surface area contributed by atoms with Gasteiger partial charge in [-0.2, -0.15) is 0 Å². The molecule has 1 N–H and O–H groups in total. The Morgan fingerprint density at radius 3 is 2.61 bits per heavy atom. The van der Waals surface area contributed by atoms with Gasteiger partial charge in [-0.3, -0.25) is 9.89 Å². The van der Waals surface area contributed by atoms with Gasteiger partial charge in [-0.25, -0.2) is 0 Å². The molecule has 1 aliphatic rings. The Morgan fingerprint density at radius 2 is 1.97 bits per heavy atom. The predicted molar refractivity (Wildman–Crippen MR) is 127 cm³/mol. The van der Waals surface area contributed by atoms with E-state index in [1.807, 2.05) is 19.2 Å². The second kappa shape index (κ2) is 13.9. The Hall–Kier alpha value is -2.25. The third-order valence-electron chi connectivity index (χ3n) is 5.71. The molecule has 174 valence electrons. The lowest BCUT2D eigenvalue weighted by Crippen LogP contribution is -2.46. The van der Waals surface area contributed by atoms with Gasteiger partial charge in [0, 0.05) is 40.3 Å². The van der Waals surface area contributed by atoms with Gasteiger partial charge in [0.1, 0.15) is 0 Å². The first kappa shape index (κ1) is 25.0. The standard InChI is InChI=1S/C24H40N4O3/c1-6-7-8-9-10-13-27(3)24(25-2)26-19-21(28-14-16-31-17-15-28)20-11-12-22(29-4)23(18-20)30-5/h6,11-12,18,21H,1,7-10,13-17,19H2,2-5H3,(H,25,26). The van der Waals surface area contributed by atoms with Gasteiger partial charge in [0.05, 0.1) is 33.5 Å². The van der Waals surface area contributed by atoms with Crippen molar-refractivity contribution in [2.45, 2.75) is 31.7 Å². The first-order valence-electron chi connectivity index (χ1n) is 11.2. The van der Waals surface area contributed by atoms with Gasteiger partial charge < -0.3 is 24.4 Å². The molecule has 1 fully saturated rings. The van der Waals surface area contributed by atoms with E-state index in [4.69, 9.17) is 14.2 Å². The summed E-state index contributed by atoms with van der Waals surface area (Å²) in [6, 6.07) is 6.36. The van der Waals surface area contributed by atoms with Crippen molar-refractivity contribution in [2.24, 2.45) is 4.99 Å². The average molecular weight is 433 g/mol. The van der Waals surface area contributed by atoms with E-state index >= 15 is 0 Å². The van der Waals surface area contributed by atoms with Gasteiger partial charge in [0.25, 0.3) is 0 Å². The fourth-order valence-electron chi connectivity index (χ4n) is 3.90. The molecule has 0 radical (unpaired) electrons. The number of unbranched alkanes of at least 4 members (excludes halogenated alkanes) is 3. The van der Waals surface area contributed by atoms with Crippen LogP contribution in [0.3, 0.4) is 0 Å². The highest BCUT2D eigenvalue weighted by molar-refractivity contribution is 5.79. The number of nitrogens with zero attached hydrogens (tertiary/aromatic N) is 3. The quantitative estimate of drug-likeness (QED) is 0.237. The molecule has 1 aliphatic heterocycles. The normalized spacial score (nSPS) is 15.9. The van der Waals surface area contributed by atoms with E-state index in [0.717, 1.165) is 69.7 Å². The third kappa shape index (κ3) is 7.74. The van der Waals surface area contributed by atoms with Crippen LogP contribution in [0.5, 0.6) is 11.5 Å². The van der Waals surface area contributed by atoms with Gasteiger partial charge in [-0.1, -0.05) is 18.6 Å². The summed E-state index contributed by atoms with van der Waals surface area (Å²) in [5.74, 6) is 2.41. The van der Waals surface area contributed by atoms with Gasteiger partial charge >= 0.3 is 0 Å².